The zero-order valence-electron chi connectivity index (χ0n) is 9.87. The average molecular weight is 302 g/mol. The zero-order chi connectivity index (χ0) is 12.9. The van der Waals surface area contributed by atoms with Crippen molar-refractivity contribution in [3.8, 4) is 0 Å². The van der Waals surface area contributed by atoms with Crippen LogP contribution in [0.1, 0.15) is 13.3 Å². The maximum absolute atomic E-state index is 11.4. The number of methoxy groups -OCH3 is 1. The number of carboxylic acids is 1. The van der Waals surface area contributed by atoms with Gasteiger partial charge >= 0.3 is 5.97 Å². The Morgan fingerprint density at radius 2 is 2.18 bits per heavy atom. The van der Waals surface area contributed by atoms with E-state index in [9.17, 15) is 9.90 Å². The van der Waals surface area contributed by atoms with Crippen molar-refractivity contribution in [3.63, 3.8) is 0 Å². The van der Waals surface area contributed by atoms with Crippen molar-refractivity contribution < 1.29 is 14.6 Å². The predicted octanol–water partition coefficient (Wildman–Crippen LogP) is 2.74. The highest BCUT2D eigenvalue weighted by Gasteiger charge is 2.37. The van der Waals surface area contributed by atoms with E-state index in [4.69, 9.17) is 4.74 Å². The predicted molar refractivity (Wildman–Crippen MR) is 70.3 cm³/mol. The van der Waals surface area contributed by atoms with Gasteiger partial charge in [-0.25, -0.2) is 4.79 Å². The summed E-state index contributed by atoms with van der Waals surface area (Å²) >= 11 is 3.38. The molecule has 94 valence electrons. The van der Waals surface area contributed by atoms with Gasteiger partial charge in [0.2, 0.25) is 0 Å². The number of anilines is 1. The lowest BCUT2D eigenvalue weighted by atomic mass is 9.97. The van der Waals surface area contributed by atoms with Gasteiger partial charge in [-0.1, -0.05) is 19.1 Å². The van der Waals surface area contributed by atoms with Crippen LogP contribution in [0.2, 0.25) is 0 Å². The molecule has 2 N–H and O–H groups in total. The van der Waals surface area contributed by atoms with Crippen molar-refractivity contribution in [1.82, 2.24) is 0 Å². The van der Waals surface area contributed by atoms with Crippen molar-refractivity contribution in [3.05, 3.63) is 28.7 Å². The second kappa shape index (κ2) is 6.02. The smallest absolute Gasteiger partial charge is 0.331 e. The number of hydrogen-bond donors (Lipinski definition) is 2. The zero-order valence-corrected chi connectivity index (χ0v) is 11.5. The summed E-state index contributed by atoms with van der Waals surface area (Å²) in [5, 5.41) is 12.4. The number of benzene rings is 1. The van der Waals surface area contributed by atoms with Gasteiger partial charge in [-0.05, 0) is 34.5 Å². The molecular weight excluding hydrogens is 286 g/mol. The molecule has 0 radical (unpaired) electrons. The van der Waals surface area contributed by atoms with Gasteiger partial charge in [0.1, 0.15) is 0 Å². The topological polar surface area (TPSA) is 58.6 Å². The first-order valence-electron chi connectivity index (χ1n) is 5.31. The summed E-state index contributed by atoms with van der Waals surface area (Å²) in [6.45, 7) is 1.93. The molecule has 1 unspecified atom stereocenters. The molecule has 0 spiro atoms. The van der Waals surface area contributed by atoms with Gasteiger partial charge in [0, 0.05) is 17.3 Å². The molecule has 0 aliphatic carbocycles. The van der Waals surface area contributed by atoms with Crippen LogP contribution in [0, 0.1) is 0 Å². The minimum atomic E-state index is -1.10. The molecule has 0 saturated heterocycles. The molecule has 17 heavy (non-hydrogen) atoms. The van der Waals surface area contributed by atoms with Crippen molar-refractivity contribution >= 4 is 27.6 Å². The molecule has 0 aliphatic heterocycles. The molecule has 0 amide bonds. The SMILES string of the molecule is CCC(COC)(Nc1ccccc1Br)C(=O)O. The van der Waals surface area contributed by atoms with Gasteiger partial charge in [0.05, 0.1) is 6.61 Å². The number of rotatable bonds is 6. The molecule has 0 heterocycles. The first-order chi connectivity index (χ1) is 8.05. The normalized spacial score (nSPS) is 14.1. The second-order valence-electron chi connectivity index (χ2n) is 3.78. The number of para-hydroxylation sites is 1. The van der Waals surface area contributed by atoms with E-state index >= 15 is 0 Å². The van der Waals surface area contributed by atoms with Crippen LogP contribution in [0.25, 0.3) is 0 Å². The fraction of sp³-hybridized carbons (Fsp3) is 0.417. The maximum atomic E-state index is 11.4. The van der Waals surface area contributed by atoms with Crippen LogP contribution >= 0.6 is 15.9 Å². The van der Waals surface area contributed by atoms with E-state index in [-0.39, 0.29) is 6.61 Å². The third kappa shape index (κ3) is 3.20. The number of hydrogen-bond acceptors (Lipinski definition) is 3. The molecule has 1 rings (SSSR count). The molecule has 4 nitrogen and oxygen atoms in total. The summed E-state index contributed by atoms with van der Waals surface area (Å²) in [6.07, 6.45) is 0.428. The van der Waals surface area contributed by atoms with Crippen molar-refractivity contribution in [2.45, 2.75) is 18.9 Å². The Labute approximate surface area is 109 Å². The Balaban J connectivity index is 3.01. The fourth-order valence-corrected chi connectivity index (χ4v) is 1.94. The van der Waals surface area contributed by atoms with Crippen LogP contribution in [0.5, 0.6) is 0 Å². The minimum absolute atomic E-state index is 0.111. The maximum Gasteiger partial charge on any atom is 0.331 e. The third-order valence-corrected chi connectivity index (χ3v) is 3.34. The Kier molecular flexibility index (Phi) is 4.96. The molecule has 1 aromatic carbocycles. The van der Waals surface area contributed by atoms with Crippen LogP contribution in [-0.2, 0) is 9.53 Å². The van der Waals surface area contributed by atoms with E-state index in [2.05, 4.69) is 21.2 Å². The van der Waals surface area contributed by atoms with E-state index in [1.807, 2.05) is 31.2 Å². The molecule has 1 atom stereocenters. The highest BCUT2D eigenvalue weighted by Crippen LogP contribution is 2.26. The first-order valence-corrected chi connectivity index (χ1v) is 6.10. The van der Waals surface area contributed by atoms with E-state index in [0.717, 1.165) is 10.2 Å². The third-order valence-electron chi connectivity index (χ3n) is 2.65. The number of carboxylic acid groups (broad SMARTS) is 1. The van der Waals surface area contributed by atoms with Crippen molar-refractivity contribution in [1.29, 1.82) is 0 Å². The molecular formula is C12H16BrNO3. The van der Waals surface area contributed by atoms with E-state index in [1.165, 1.54) is 7.11 Å². The molecule has 0 aromatic heterocycles. The number of aliphatic carboxylic acids is 1. The van der Waals surface area contributed by atoms with Gasteiger partial charge in [-0.15, -0.1) is 0 Å². The summed E-state index contributed by atoms with van der Waals surface area (Å²) < 4.78 is 5.84. The van der Waals surface area contributed by atoms with Crippen molar-refractivity contribution in [2.75, 3.05) is 19.0 Å². The summed E-state index contributed by atoms with van der Waals surface area (Å²) in [5.74, 6) is -0.919. The average Bonchev–Trinajstić information content (AvgIpc) is 2.31. The van der Waals surface area contributed by atoms with E-state index in [0.29, 0.717) is 6.42 Å². The van der Waals surface area contributed by atoms with E-state index < -0.39 is 11.5 Å². The molecule has 0 fully saturated rings. The van der Waals surface area contributed by atoms with Crippen LogP contribution < -0.4 is 5.32 Å². The number of halogens is 1. The van der Waals surface area contributed by atoms with Crippen LogP contribution in [0.15, 0.2) is 28.7 Å². The molecule has 5 heteroatoms. The summed E-state index contributed by atoms with van der Waals surface area (Å²) in [6, 6.07) is 7.41. The standard InChI is InChI=1S/C12H16BrNO3/c1-3-12(8-17-2,11(15)16)14-10-7-5-4-6-9(10)13/h4-7,14H,3,8H2,1-2H3,(H,15,16). The number of carbonyl (C=O) groups is 1. The van der Waals surface area contributed by atoms with E-state index in [1.54, 1.807) is 0 Å². The molecule has 0 bridgehead atoms. The Morgan fingerprint density at radius 3 is 2.65 bits per heavy atom. The highest BCUT2D eigenvalue weighted by molar-refractivity contribution is 9.10. The Hall–Kier alpha value is -1.07. The van der Waals surface area contributed by atoms with Gasteiger partial charge in [0.15, 0.2) is 5.54 Å². The molecule has 0 aliphatic rings. The monoisotopic (exact) mass is 301 g/mol. The fourth-order valence-electron chi connectivity index (χ4n) is 1.56. The lowest BCUT2D eigenvalue weighted by Crippen LogP contribution is -2.49. The van der Waals surface area contributed by atoms with Crippen LogP contribution in [-0.4, -0.2) is 30.3 Å². The summed E-state index contributed by atoms with van der Waals surface area (Å²) in [7, 11) is 1.50. The van der Waals surface area contributed by atoms with Crippen LogP contribution in [0.4, 0.5) is 5.69 Å². The number of ether oxygens (including phenoxy) is 1. The quantitative estimate of drug-likeness (QED) is 0.848. The minimum Gasteiger partial charge on any atom is -0.479 e. The lowest BCUT2D eigenvalue weighted by Gasteiger charge is -2.30. The molecule has 1 aromatic rings. The Bertz CT molecular complexity index is 397. The van der Waals surface area contributed by atoms with Crippen molar-refractivity contribution in [2.24, 2.45) is 0 Å². The Morgan fingerprint density at radius 1 is 1.53 bits per heavy atom. The van der Waals surface area contributed by atoms with Gasteiger partial charge in [-0.2, -0.15) is 0 Å². The highest BCUT2D eigenvalue weighted by atomic mass is 79.9. The second-order valence-corrected chi connectivity index (χ2v) is 4.63. The summed E-state index contributed by atoms with van der Waals surface area (Å²) in [4.78, 5) is 11.4. The molecule has 0 saturated carbocycles. The first kappa shape index (κ1) is 14.0. The lowest BCUT2D eigenvalue weighted by molar-refractivity contribution is -0.144. The largest absolute Gasteiger partial charge is 0.479 e. The summed E-state index contributed by atoms with van der Waals surface area (Å²) in [5.41, 5.74) is -0.354. The number of nitrogens with one attached hydrogen (secondary N) is 1. The van der Waals surface area contributed by atoms with Crippen LogP contribution in [0.3, 0.4) is 0 Å². The van der Waals surface area contributed by atoms with Gasteiger partial charge in [-0.3, -0.25) is 0 Å². The van der Waals surface area contributed by atoms with Gasteiger partial charge in [0.25, 0.3) is 0 Å². The van der Waals surface area contributed by atoms with Gasteiger partial charge < -0.3 is 15.2 Å².